The Labute approximate surface area is 751 Å². The van der Waals surface area contributed by atoms with Crippen molar-refractivity contribution in [2.45, 2.75) is 98.6 Å². The van der Waals surface area contributed by atoms with E-state index in [0.717, 1.165) is 129 Å². The summed E-state index contributed by atoms with van der Waals surface area (Å²) < 4.78 is 26.6. The van der Waals surface area contributed by atoms with E-state index in [4.69, 9.17) is 43.6 Å². The number of aliphatic hydroxyl groups is 4. The van der Waals surface area contributed by atoms with Gasteiger partial charge in [-0.25, -0.2) is 19.9 Å². The van der Waals surface area contributed by atoms with Crippen molar-refractivity contribution in [3.63, 3.8) is 0 Å². The molecule has 0 aliphatic carbocycles. The van der Waals surface area contributed by atoms with Crippen LogP contribution in [0.15, 0.2) is 291 Å². The van der Waals surface area contributed by atoms with Crippen molar-refractivity contribution in [2.75, 3.05) is 56.8 Å². The van der Waals surface area contributed by atoms with Gasteiger partial charge < -0.3 is 65.4 Å². The molecule has 16 aromatic rings. The van der Waals surface area contributed by atoms with Gasteiger partial charge in [-0.15, -0.1) is 0 Å². The van der Waals surface area contributed by atoms with Gasteiger partial charge in [-0.3, -0.25) is 0 Å². The van der Waals surface area contributed by atoms with Gasteiger partial charge in [0.1, 0.15) is 75.3 Å². The fraction of sp³-hybridized carbons (Fsp3) is 0.192. The van der Waals surface area contributed by atoms with Crippen LogP contribution in [0.3, 0.4) is 0 Å². The zero-order valence-corrected chi connectivity index (χ0v) is 73.4. The minimum atomic E-state index is -0.00356. The van der Waals surface area contributed by atoms with E-state index in [1.54, 1.807) is 35.5 Å². The third-order valence-electron chi connectivity index (χ3n) is 20.4. The lowest BCUT2D eigenvalue weighted by molar-refractivity contribution is 0.281. The van der Waals surface area contributed by atoms with Gasteiger partial charge in [0, 0.05) is 74.1 Å². The molecule has 0 radical (unpaired) electrons. The predicted molar refractivity (Wildman–Crippen MR) is 503 cm³/mol. The molecule has 25 heteroatoms. The number of anilines is 8. The highest BCUT2D eigenvalue weighted by molar-refractivity contribution is 5.60. The van der Waals surface area contributed by atoms with E-state index in [1.165, 1.54) is 5.56 Å². The van der Waals surface area contributed by atoms with E-state index in [-0.39, 0.29) is 26.4 Å². The van der Waals surface area contributed by atoms with Gasteiger partial charge in [0.15, 0.2) is 0 Å². The highest BCUT2D eigenvalue weighted by Crippen LogP contribution is 2.28. The maximum absolute atomic E-state index is 9.45. The Balaban J connectivity index is 0.000000147. The summed E-state index contributed by atoms with van der Waals surface area (Å²) in [6, 6.07) is 94.6. The zero-order valence-electron chi connectivity index (χ0n) is 73.4. The zero-order chi connectivity index (χ0) is 90.1. The van der Waals surface area contributed by atoms with Gasteiger partial charge >= 0.3 is 0 Å². The number of para-hydroxylation sites is 1. The Bertz CT molecular complexity index is 6080. The van der Waals surface area contributed by atoms with Gasteiger partial charge in [-0.2, -0.15) is 39.9 Å². The van der Waals surface area contributed by atoms with E-state index in [0.29, 0.717) is 122 Å². The molecule has 0 aliphatic heterocycles. The molecule has 0 saturated heterocycles. The fourth-order valence-corrected chi connectivity index (χ4v) is 13.9. The first kappa shape index (κ1) is 91.4. The van der Waals surface area contributed by atoms with Crippen LogP contribution < -0.4 is 45.0 Å². The number of ether oxygens (including phenoxy) is 5. The summed E-state index contributed by atoms with van der Waals surface area (Å²) in [7, 11) is 8.26. The number of benzene rings is 12. The molecule has 12 aromatic carbocycles. The molecule has 0 bridgehead atoms. The first-order valence-corrected chi connectivity index (χ1v) is 42.1. The van der Waals surface area contributed by atoms with E-state index < -0.39 is 0 Å². The molecule has 4 heterocycles. The second-order valence-corrected chi connectivity index (χ2v) is 30.5. The Morgan fingerprint density at radius 3 is 0.752 bits per heavy atom. The molecule has 0 unspecified atom stereocenters. The molecular weight excluding hydrogens is 1620 g/mol. The Hall–Kier alpha value is -15.3. The van der Waals surface area contributed by atoms with Crippen LogP contribution in [0.1, 0.15) is 130 Å². The summed E-state index contributed by atoms with van der Waals surface area (Å²) in [5, 5.41) is 51.0. The first-order chi connectivity index (χ1) is 63.0. The fourth-order valence-electron chi connectivity index (χ4n) is 13.9. The minimum Gasteiger partial charge on any atom is -0.497 e. The number of aryl methyl sites for hydroxylation is 3. The lowest BCUT2D eigenvalue weighted by atomic mass is 10.1. The van der Waals surface area contributed by atoms with Gasteiger partial charge in [0.2, 0.25) is 23.8 Å². The van der Waals surface area contributed by atoms with Crippen molar-refractivity contribution in [1.82, 2.24) is 59.8 Å². The summed E-state index contributed by atoms with van der Waals surface area (Å²) in [5.74, 6) is 11.3. The van der Waals surface area contributed by atoms with E-state index >= 15 is 0 Å². The Morgan fingerprint density at radius 1 is 0.209 bits per heavy atom. The smallest absolute Gasteiger partial charge is 0.230 e. The van der Waals surface area contributed by atoms with Crippen LogP contribution >= 0.6 is 0 Å². The van der Waals surface area contributed by atoms with Gasteiger partial charge in [0.05, 0.1) is 62.0 Å². The number of rotatable bonds is 33. The minimum absolute atomic E-state index is 0.00356. The van der Waals surface area contributed by atoms with Crippen molar-refractivity contribution in [2.24, 2.45) is 0 Å². The standard InChI is InChI=1S/C26H26N4O3.3C26H26N4O2/c1-32-22-11-9-21(10-12-22)27-26-29-24(15-18-5-3-7-20(13-18)17-31)28-25(30-26)16-19-6-4-8-23(14-19)33-2;1-18-6-3-10-22(12-18)27-26-29-24(15-19-7-4-9-21(13-19)17-31)28-25(30-26)16-20-8-5-11-23(14-20)32-2;1-18-9-11-22(12-10-18)27-26-29-24(15-19-5-3-7-21(13-19)17-31)28-25(30-26)16-20-6-4-8-23(14-20)32-2;1-18-7-3-4-12-23(18)27-26-29-24(15-19-8-5-10-21(13-19)17-31)28-25(30-26)16-20-9-6-11-22(14-20)32-2/h3-14,31H,15-17H2,1-2H3,(H,27,28,29,30);3*3-14,31H,15-17H2,1-2H3,(H,27,28,29,30). The molecule has 4 aromatic heterocycles. The van der Waals surface area contributed by atoms with Crippen LogP contribution in [0, 0.1) is 20.8 Å². The summed E-state index contributed by atoms with van der Waals surface area (Å²) in [6.45, 7) is 6.16. The highest BCUT2D eigenvalue weighted by Gasteiger charge is 2.18. The average molecular weight is 1720 g/mol. The third kappa shape index (κ3) is 28.6. The number of aliphatic hydroxyl groups excluding tert-OH is 4. The van der Waals surface area contributed by atoms with Crippen molar-refractivity contribution >= 4 is 46.5 Å². The Morgan fingerprint density at radius 2 is 0.465 bits per heavy atom. The molecule has 8 N–H and O–H groups in total. The molecule has 0 aliphatic rings. The van der Waals surface area contributed by atoms with Crippen molar-refractivity contribution in [3.05, 3.63) is 421 Å². The van der Waals surface area contributed by atoms with E-state index in [2.05, 4.69) is 74.1 Å². The molecule has 0 atom stereocenters. The molecule has 25 nitrogen and oxygen atoms in total. The highest BCUT2D eigenvalue weighted by atomic mass is 16.5. The molecule has 0 saturated carbocycles. The molecule has 654 valence electrons. The van der Waals surface area contributed by atoms with Crippen LogP contribution in [0.2, 0.25) is 0 Å². The molecule has 0 spiro atoms. The number of nitrogens with zero attached hydrogens (tertiary/aromatic N) is 12. The van der Waals surface area contributed by atoms with Crippen molar-refractivity contribution in [3.8, 4) is 28.7 Å². The summed E-state index contributed by atoms with van der Waals surface area (Å²) in [5.41, 5.74) is 18.9. The molecule has 16 rings (SSSR count). The second-order valence-electron chi connectivity index (χ2n) is 30.5. The van der Waals surface area contributed by atoms with Crippen LogP contribution in [0.5, 0.6) is 28.7 Å². The van der Waals surface area contributed by atoms with Gasteiger partial charge in [0.25, 0.3) is 0 Å². The molecule has 0 fully saturated rings. The van der Waals surface area contributed by atoms with Crippen molar-refractivity contribution < 1.29 is 44.1 Å². The molecular formula is C104H104N16O9. The summed E-state index contributed by atoms with van der Waals surface area (Å²) in [4.78, 5) is 56.2. The second kappa shape index (κ2) is 46.6. The molecule has 0 amide bonds. The van der Waals surface area contributed by atoms with Crippen LogP contribution in [-0.2, 0) is 77.8 Å². The largest absolute Gasteiger partial charge is 0.497 e. The third-order valence-corrected chi connectivity index (χ3v) is 20.4. The summed E-state index contributed by atoms with van der Waals surface area (Å²) in [6.07, 6.45) is 4.39. The quantitative estimate of drug-likeness (QED) is 0.0189. The van der Waals surface area contributed by atoms with Gasteiger partial charge in [-0.1, -0.05) is 194 Å². The normalized spacial score (nSPS) is 10.7. The number of aromatic nitrogens is 12. The number of hydrogen-bond acceptors (Lipinski definition) is 25. The average Bonchev–Trinajstić information content (AvgIpc) is 0.841. The van der Waals surface area contributed by atoms with Crippen LogP contribution in [0.4, 0.5) is 46.5 Å². The maximum Gasteiger partial charge on any atom is 0.230 e. The number of nitrogens with one attached hydrogen (secondary N) is 4. The van der Waals surface area contributed by atoms with Crippen LogP contribution in [0.25, 0.3) is 0 Å². The lowest BCUT2D eigenvalue weighted by Gasteiger charge is -2.11. The first-order valence-electron chi connectivity index (χ1n) is 42.1. The topological polar surface area (TPSA) is 330 Å². The predicted octanol–water partition coefficient (Wildman–Crippen LogP) is 18.1. The van der Waals surface area contributed by atoms with E-state index in [9.17, 15) is 20.4 Å². The van der Waals surface area contributed by atoms with Crippen LogP contribution in [-0.4, -0.2) is 116 Å². The van der Waals surface area contributed by atoms with Gasteiger partial charge in [-0.05, 0) is 202 Å². The monoisotopic (exact) mass is 1720 g/mol. The van der Waals surface area contributed by atoms with Crippen molar-refractivity contribution in [1.29, 1.82) is 0 Å². The lowest BCUT2D eigenvalue weighted by Crippen LogP contribution is -2.09. The SMILES string of the molecule is COc1ccc(Nc2nc(Cc3cccc(CO)c3)nc(Cc3cccc(OC)c3)n2)cc1.COc1cccc(Cc2nc(Cc3cccc(CO)c3)nc(Nc3ccc(C)cc3)n2)c1.COc1cccc(Cc2nc(Cc3cccc(CO)c3)nc(Nc3cccc(C)c3)n2)c1.COc1cccc(Cc2nc(Cc3cccc(CO)c3)nc(Nc3ccccc3C)n2)c1. The van der Waals surface area contributed by atoms with E-state index in [1.807, 2.05) is 299 Å². The number of hydrogen-bond donors (Lipinski definition) is 8. The summed E-state index contributed by atoms with van der Waals surface area (Å²) >= 11 is 0. The number of methoxy groups -OCH3 is 5. The maximum atomic E-state index is 9.45. The molecule has 129 heavy (non-hydrogen) atoms. The Kier molecular flexibility index (Phi) is 33.0.